The molecule has 1 aromatic carbocycles. The molecule has 20 heavy (non-hydrogen) atoms. The Labute approximate surface area is 126 Å². The maximum atomic E-state index is 11.9. The monoisotopic (exact) mass is 310 g/mol. The molecule has 0 aliphatic carbocycles. The highest BCUT2D eigenvalue weighted by atomic mass is 35.5. The predicted octanol–water partition coefficient (Wildman–Crippen LogP) is 3.02. The van der Waals surface area contributed by atoms with Crippen LogP contribution in [0.2, 0.25) is 5.02 Å². The number of ketones is 1. The summed E-state index contributed by atoms with van der Waals surface area (Å²) in [6.45, 7) is 5.70. The summed E-state index contributed by atoms with van der Waals surface area (Å²) < 4.78 is 1.59. The van der Waals surface area contributed by atoms with Gasteiger partial charge in [-0.1, -0.05) is 44.1 Å². The number of carbonyl (C=O) groups is 1. The standard InChI is InChI=1S/C13H15ClN4OS/c1-13(2,3)11(19)8-20-12-15-16-17-18(12)10-6-4-9(14)5-7-10/h4-7H,8H2,1-3H3. The van der Waals surface area contributed by atoms with Crippen LogP contribution >= 0.6 is 23.4 Å². The fraction of sp³-hybridized carbons (Fsp3) is 0.385. The van der Waals surface area contributed by atoms with Crippen molar-refractivity contribution in [1.29, 1.82) is 0 Å². The van der Waals surface area contributed by atoms with Gasteiger partial charge in [0.25, 0.3) is 0 Å². The first-order valence-electron chi connectivity index (χ1n) is 6.08. The minimum Gasteiger partial charge on any atom is -0.298 e. The Morgan fingerprint density at radius 3 is 2.55 bits per heavy atom. The van der Waals surface area contributed by atoms with Gasteiger partial charge in [0.2, 0.25) is 5.16 Å². The van der Waals surface area contributed by atoms with Gasteiger partial charge in [0.05, 0.1) is 11.4 Å². The summed E-state index contributed by atoms with van der Waals surface area (Å²) in [5.74, 6) is 0.505. The van der Waals surface area contributed by atoms with E-state index >= 15 is 0 Å². The molecule has 106 valence electrons. The summed E-state index contributed by atoms with van der Waals surface area (Å²) in [6.07, 6.45) is 0. The average molecular weight is 311 g/mol. The largest absolute Gasteiger partial charge is 0.298 e. The van der Waals surface area contributed by atoms with Crippen molar-refractivity contribution in [1.82, 2.24) is 20.2 Å². The van der Waals surface area contributed by atoms with Crippen LogP contribution in [0.1, 0.15) is 20.8 Å². The van der Waals surface area contributed by atoms with Gasteiger partial charge in [0, 0.05) is 10.4 Å². The predicted molar refractivity (Wildman–Crippen MR) is 79.4 cm³/mol. The van der Waals surface area contributed by atoms with E-state index in [4.69, 9.17) is 11.6 Å². The third kappa shape index (κ3) is 3.58. The van der Waals surface area contributed by atoms with Gasteiger partial charge in [-0.2, -0.15) is 4.68 Å². The van der Waals surface area contributed by atoms with Gasteiger partial charge in [-0.25, -0.2) is 0 Å². The molecule has 0 bridgehead atoms. The zero-order chi connectivity index (χ0) is 14.8. The van der Waals surface area contributed by atoms with E-state index in [1.54, 1.807) is 16.8 Å². The van der Waals surface area contributed by atoms with E-state index in [1.807, 2.05) is 32.9 Å². The molecule has 0 N–H and O–H groups in total. The lowest BCUT2D eigenvalue weighted by molar-refractivity contribution is -0.123. The summed E-state index contributed by atoms with van der Waals surface area (Å²) in [4.78, 5) is 11.9. The van der Waals surface area contributed by atoms with Crippen LogP contribution in [0.15, 0.2) is 29.4 Å². The zero-order valence-corrected chi connectivity index (χ0v) is 13.1. The lowest BCUT2D eigenvalue weighted by atomic mass is 9.92. The molecule has 1 heterocycles. The lowest BCUT2D eigenvalue weighted by Gasteiger charge is -2.15. The van der Waals surface area contributed by atoms with Crippen molar-refractivity contribution in [2.45, 2.75) is 25.9 Å². The van der Waals surface area contributed by atoms with Crippen LogP contribution in [-0.2, 0) is 4.79 Å². The number of nitrogens with zero attached hydrogens (tertiary/aromatic N) is 4. The first kappa shape index (κ1) is 15.0. The third-order valence-electron chi connectivity index (χ3n) is 2.68. The van der Waals surface area contributed by atoms with E-state index in [-0.39, 0.29) is 11.2 Å². The summed E-state index contributed by atoms with van der Waals surface area (Å²) in [5.41, 5.74) is 0.455. The quantitative estimate of drug-likeness (QED) is 0.812. The molecule has 5 nitrogen and oxygen atoms in total. The molecule has 1 aromatic heterocycles. The Balaban J connectivity index is 2.13. The molecule has 0 atom stereocenters. The lowest BCUT2D eigenvalue weighted by Crippen LogP contribution is -2.22. The van der Waals surface area contributed by atoms with Crippen molar-refractivity contribution in [3.05, 3.63) is 29.3 Å². The second kappa shape index (κ2) is 5.93. The van der Waals surface area contributed by atoms with E-state index in [1.165, 1.54) is 11.8 Å². The summed E-state index contributed by atoms with van der Waals surface area (Å²) in [7, 11) is 0. The number of thioether (sulfide) groups is 1. The molecule has 0 spiro atoms. The van der Waals surface area contributed by atoms with Crippen molar-refractivity contribution in [2.24, 2.45) is 5.41 Å². The Hall–Kier alpha value is -1.40. The van der Waals surface area contributed by atoms with E-state index < -0.39 is 0 Å². The highest BCUT2D eigenvalue weighted by Gasteiger charge is 2.22. The number of rotatable bonds is 4. The molecule has 0 aliphatic heterocycles. The SMILES string of the molecule is CC(C)(C)C(=O)CSc1nnnn1-c1ccc(Cl)cc1. The molecule has 0 radical (unpaired) electrons. The molecule has 0 saturated heterocycles. The summed E-state index contributed by atoms with van der Waals surface area (Å²) in [5, 5.41) is 12.8. The average Bonchev–Trinajstić information content (AvgIpc) is 2.84. The number of Topliss-reactive ketones (excluding diaryl/α,β-unsaturated/α-hetero) is 1. The first-order valence-corrected chi connectivity index (χ1v) is 7.45. The Morgan fingerprint density at radius 1 is 1.30 bits per heavy atom. The number of aromatic nitrogens is 4. The molecule has 2 aromatic rings. The van der Waals surface area contributed by atoms with Crippen LogP contribution in [-0.4, -0.2) is 31.7 Å². The second-order valence-corrected chi connectivity index (χ2v) is 6.69. The summed E-state index contributed by atoms with van der Waals surface area (Å²) >= 11 is 7.19. The van der Waals surface area contributed by atoms with Crippen LogP contribution in [0.25, 0.3) is 5.69 Å². The van der Waals surface area contributed by atoms with Gasteiger partial charge >= 0.3 is 0 Å². The minimum absolute atomic E-state index is 0.160. The fourth-order valence-electron chi connectivity index (χ4n) is 1.36. The molecule has 2 rings (SSSR count). The zero-order valence-electron chi connectivity index (χ0n) is 11.5. The van der Waals surface area contributed by atoms with Crippen LogP contribution in [0, 0.1) is 5.41 Å². The number of carbonyl (C=O) groups excluding carboxylic acids is 1. The number of tetrazole rings is 1. The topological polar surface area (TPSA) is 60.7 Å². The van der Waals surface area contributed by atoms with E-state index in [2.05, 4.69) is 15.5 Å². The van der Waals surface area contributed by atoms with E-state index in [9.17, 15) is 4.79 Å². The number of hydrogen-bond acceptors (Lipinski definition) is 5. The third-order valence-corrected chi connectivity index (χ3v) is 3.85. The van der Waals surface area contributed by atoms with Crippen molar-refractivity contribution in [3.8, 4) is 5.69 Å². The molecular formula is C13H15ClN4OS. The minimum atomic E-state index is -0.356. The highest BCUT2D eigenvalue weighted by molar-refractivity contribution is 7.99. The van der Waals surface area contributed by atoms with Gasteiger partial charge in [0.1, 0.15) is 5.78 Å². The molecule has 0 aliphatic rings. The van der Waals surface area contributed by atoms with Gasteiger partial charge in [-0.15, -0.1) is 5.10 Å². The smallest absolute Gasteiger partial charge is 0.214 e. The molecule has 0 unspecified atom stereocenters. The summed E-state index contributed by atoms with van der Waals surface area (Å²) in [6, 6.07) is 7.20. The fourth-order valence-corrected chi connectivity index (χ4v) is 2.54. The van der Waals surface area contributed by atoms with Crippen molar-refractivity contribution in [3.63, 3.8) is 0 Å². The van der Waals surface area contributed by atoms with Gasteiger partial charge in [-0.3, -0.25) is 4.79 Å². The first-order chi connectivity index (χ1) is 9.38. The molecular weight excluding hydrogens is 296 g/mol. The van der Waals surface area contributed by atoms with Gasteiger partial charge < -0.3 is 0 Å². The maximum Gasteiger partial charge on any atom is 0.214 e. The van der Waals surface area contributed by atoms with Crippen LogP contribution in [0.5, 0.6) is 0 Å². The molecule has 0 fully saturated rings. The molecule has 7 heteroatoms. The normalized spacial score (nSPS) is 11.6. The molecule has 0 amide bonds. The maximum absolute atomic E-state index is 11.9. The van der Waals surface area contributed by atoms with E-state index in [0.29, 0.717) is 15.9 Å². The van der Waals surface area contributed by atoms with E-state index in [0.717, 1.165) is 5.69 Å². The number of halogens is 1. The Bertz CT molecular complexity index is 604. The van der Waals surface area contributed by atoms with Gasteiger partial charge in [0.15, 0.2) is 0 Å². The van der Waals surface area contributed by atoms with Crippen LogP contribution in [0.3, 0.4) is 0 Å². The number of benzene rings is 1. The second-order valence-electron chi connectivity index (χ2n) is 5.31. The Morgan fingerprint density at radius 2 is 1.95 bits per heavy atom. The van der Waals surface area contributed by atoms with Gasteiger partial charge in [-0.05, 0) is 34.7 Å². The van der Waals surface area contributed by atoms with Crippen molar-refractivity contribution < 1.29 is 4.79 Å². The van der Waals surface area contributed by atoms with Crippen LogP contribution < -0.4 is 0 Å². The molecule has 0 saturated carbocycles. The highest BCUT2D eigenvalue weighted by Crippen LogP contribution is 2.23. The number of hydrogen-bond donors (Lipinski definition) is 0. The van der Waals surface area contributed by atoms with Crippen molar-refractivity contribution in [2.75, 3.05) is 5.75 Å². The van der Waals surface area contributed by atoms with Crippen LogP contribution in [0.4, 0.5) is 0 Å². The van der Waals surface area contributed by atoms with Crippen molar-refractivity contribution >= 4 is 29.1 Å². The Kier molecular flexibility index (Phi) is 4.45.